The molecule has 1 aromatic heterocycles. The van der Waals surface area contributed by atoms with Gasteiger partial charge in [0.1, 0.15) is 5.75 Å². The molecule has 0 aliphatic heterocycles. The van der Waals surface area contributed by atoms with Gasteiger partial charge in [-0.05, 0) is 42.8 Å². The van der Waals surface area contributed by atoms with Gasteiger partial charge in [0.15, 0.2) is 0 Å². The third-order valence-electron chi connectivity index (χ3n) is 4.36. The molecule has 0 bridgehead atoms. The van der Waals surface area contributed by atoms with E-state index in [-0.39, 0.29) is 11.8 Å². The fraction of sp³-hybridized carbons (Fsp3) is 0.190. The molecule has 3 rings (SSSR count). The lowest BCUT2D eigenvalue weighted by Gasteiger charge is -2.10. The number of hydrogen-bond donors (Lipinski definition) is 2. The highest BCUT2D eigenvalue weighted by Gasteiger charge is 2.12. The van der Waals surface area contributed by atoms with Crippen LogP contribution in [0.2, 0.25) is 0 Å². The summed E-state index contributed by atoms with van der Waals surface area (Å²) in [5.74, 6) is 0.403. The van der Waals surface area contributed by atoms with Crippen LogP contribution in [0.15, 0.2) is 48.5 Å². The van der Waals surface area contributed by atoms with Gasteiger partial charge in [-0.25, -0.2) is 0 Å². The number of methoxy groups -OCH3 is 1. The fourth-order valence-corrected chi connectivity index (χ4v) is 2.80. The largest absolute Gasteiger partial charge is 0.497 e. The Kier molecular flexibility index (Phi) is 5.35. The Balaban J connectivity index is 1.74. The predicted molar refractivity (Wildman–Crippen MR) is 104 cm³/mol. The highest BCUT2D eigenvalue weighted by Crippen LogP contribution is 2.21. The molecule has 6 heteroatoms. The van der Waals surface area contributed by atoms with Gasteiger partial charge in [0.05, 0.1) is 23.9 Å². The van der Waals surface area contributed by atoms with Crippen LogP contribution in [0.1, 0.15) is 32.0 Å². The fourth-order valence-electron chi connectivity index (χ4n) is 2.80. The zero-order valence-corrected chi connectivity index (χ0v) is 15.5. The number of nitrogens with zero attached hydrogens (tertiary/aromatic N) is 1. The summed E-state index contributed by atoms with van der Waals surface area (Å²) >= 11 is 0. The number of carbonyl (C=O) groups is 2. The highest BCUT2D eigenvalue weighted by atomic mass is 16.5. The second-order valence-electron chi connectivity index (χ2n) is 6.14. The number of ether oxygens (including phenoxy) is 1. The van der Waals surface area contributed by atoms with Crippen LogP contribution in [0.4, 0.5) is 0 Å². The van der Waals surface area contributed by atoms with E-state index in [4.69, 9.17) is 4.74 Å². The molecule has 0 aliphatic carbocycles. The van der Waals surface area contributed by atoms with Crippen molar-refractivity contribution in [3.05, 3.63) is 70.9 Å². The molecule has 6 nitrogen and oxygen atoms in total. The van der Waals surface area contributed by atoms with Crippen LogP contribution in [0, 0.1) is 6.92 Å². The molecule has 0 fully saturated rings. The Morgan fingerprint density at radius 1 is 1.04 bits per heavy atom. The first-order chi connectivity index (χ1) is 13.0. The van der Waals surface area contributed by atoms with E-state index in [2.05, 4.69) is 15.6 Å². The van der Waals surface area contributed by atoms with Crippen LogP contribution in [-0.2, 0) is 6.54 Å². The van der Waals surface area contributed by atoms with Crippen LogP contribution >= 0.6 is 0 Å². The maximum Gasteiger partial charge on any atom is 0.253 e. The molecule has 138 valence electrons. The third-order valence-corrected chi connectivity index (χ3v) is 4.36. The van der Waals surface area contributed by atoms with Gasteiger partial charge in [0, 0.05) is 30.6 Å². The monoisotopic (exact) mass is 363 g/mol. The first-order valence-electron chi connectivity index (χ1n) is 8.56. The number of fused-ring (bicyclic) bond motifs is 1. The van der Waals surface area contributed by atoms with Gasteiger partial charge in [-0.2, -0.15) is 0 Å². The summed E-state index contributed by atoms with van der Waals surface area (Å²) in [5.41, 5.74) is 3.47. The van der Waals surface area contributed by atoms with Gasteiger partial charge < -0.3 is 15.4 Å². The van der Waals surface area contributed by atoms with Gasteiger partial charge >= 0.3 is 0 Å². The standard InChI is InChI=1S/C21H21N3O3/c1-13-18(10-16-8-9-17(27-3)11-19(16)24-13)21(26)23-12-14-4-6-15(7-5-14)20(25)22-2/h4-11H,12H2,1-3H3,(H,22,25)(H,23,26). The summed E-state index contributed by atoms with van der Waals surface area (Å²) in [4.78, 5) is 28.7. The van der Waals surface area contributed by atoms with Crippen molar-refractivity contribution in [1.82, 2.24) is 15.6 Å². The molecule has 3 aromatic rings. The van der Waals surface area contributed by atoms with E-state index in [0.29, 0.717) is 23.4 Å². The minimum atomic E-state index is -0.187. The van der Waals surface area contributed by atoms with Crippen molar-refractivity contribution < 1.29 is 14.3 Å². The number of rotatable bonds is 5. The van der Waals surface area contributed by atoms with Crippen molar-refractivity contribution in [1.29, 1.82) is 0 Å². The van der Waals surface area contributed by atoms with Crippen molar-refractivity contribution in [2.75, 3.05) is 14.2 Å². The number of aryl methyl sites for hydroxylation is 1. The van der Waals surface area contributed by atoms with E-state index in [0.717, 1.165) is 22.2 Å². The van der Waals surface area contributed by atoms with E-state index < -0.39 is 0 Å². The molecule has 0 spiro atoms. The predicted octanol–water partition coefficient (Wildman–Crippen LogP) is 2.84. The summed E-state index contributed by atoms with van der Waals surface area (Å²) in [7, 11) is 3.20. The Hall–Kier alpha value is -3.41. The lowest BCUT2D eigenvalue weighted by atomic mass is 10.1. The maximum atomic E-state index is 12.6. The van der Waals surface area contributed by atoms with Crippen molar-refractivity contribution in [2.24, 2.45) is 0 Å². The summed E-state index contributed by atoms with van der Waals surface area (Å²) in [6, 6.07) is 14.5. The minimum Gasteiger partial charge on any atom is -0.497 e. The molecule has 2 amide bonds. The Bertz CT molecular complexity index is 997. The second kappa shape index (κ2) is 7.86. The molecule has 0 unspecified atom stereocenters. The van der Waals surface area contributed by atoms with E-state index in [9.17, 15) is 9.59 Å². The SMILES string of the molecule is CNC(=O)c1ccc(CNC(=O)c2cc3ccc(OC)cc3nc2C)cc1. The third kappa shape index (κ3) is 4.06. The Morgan fingerprint density at radius 2 is 1.78 bits per heavy atom. The lowest BCUT2D eigenvalue weighted by molar-refractivity contribution is 0.0945. The van der Waals surface area contributed by atoms with Gasteiger partial charge in [-0.3, -0.25) is 14.6 Å². The van der Waals surface area contributed by atoms with Crippen molar-refractivity contribution >= 4 is 22.7 Å². The molecule has 0 radical (unpaired) electrons. The molecule has 0 atom stereocenters. The average molecular weight is 363 g/mol. The van der Waals surface area contributed by atoms with Crippen LogP contribution in [0.5, 0.6) is 5.75 Å². The van der Waals surface area contributed by atoms with E-state index in [1.807, 2.05) is 43.3 Å². The molecule has 0 saturated heterocycles. The first-order valence-corrected chi connectivity index (χ1v) is 8.56. The average Bonchev–Trinajstić information content (AvgIpc) is 2.70. The summed E-state index contributed by atoms with van der Waals surface area (Å²) in [5, 5.41) is 6.36. The van der Waals surface area contributed by atoms with Crippen molar-refractivity contribution in [3.8, 4) is 5.75 Å². The lowest BCUT2D eigenvalue weighted by Crippen LogP contribution is -2.24. The van der Waals surface area contributed by atoms with Gasteiger partial charge in [0.25, 0.3) is 11.8 Å². The molecular formula is C21H21N3O3. The minimum absolute atomic E-state index is 0.139. The topological polar surface area (TPSA) is 80.3 Å². The molecule has 1 heterocycles. The molecule has 27 heavy (non-hydrogen) atoms. The second-order valence-corrected chi connectivity index (χ2v) is 6.14. The van der Waals surface area contributed by atoms with E-state index in [1.165, 1.54) is 0 Å². The zero-order valence-electron chi connectivity index (χ0n) is 15.5. The van der Waals surface area contributed by atoms with Gasteiger partial charge in [-0.1, -0.05) is 12.1 Å². The number of benzene rings is 2. The quantitative estimate of drug-likeness (QED) is 0.730. The van der Waals surface area contributed by atoms with Crippen LogP contribution < -0.4 is 15.4 Å². The van der Waals surface area contributed by atoms with E-state index >= 15 is 0 Å². The number of carbonyl (C=O) groups excluding carboxylic acids is 2. The van der Waals surface area contributed by atoms with Gasteiger partial charge in [-0.15, -0.1) is 0 Å². The molecule has 0 saturated carbocycles. The molecular weight excluding hydrogens is 342 g/mol. The summed E-state index contributed by atoms with van der Waals surface area (Å²) < 4.78 is 5.21. The van der Waals surface area contributed by atoms with Crippen molar-refractivity contribution in [3.63, 3.8) is 0 Å². The smallest absolute Gasteiger partial charge is 0.253 e. The van der Waals surface area contributed by atoms with Gasteiger partial charge in [0.2, 0.25) is 0 Å². The van der Waals surface area contributed by atoms with Crippen molar-refractivity contribution in [2.45, 2.75) is 13.5 Å². The number of pyridine rings is 1. The van der Waals surface area contributed by atoms with Crippen LogP contribution in [0.3, 0.4) is 0 Å². The number of aromatic nitrogens is 1. The van der Waals surface area contributed by atoms with E-state index in [1.54, 1.807) is 26.3 Å². The Morgan fingerprint density at radius 3 is 2.44 bits per heavy atom. The highest BCUT2D eigenvalue weighted by molar-refractivity contribution is 5.98. The zero-order chi connectivity index (χ0) is 19.4. The maximum absolute atomic E-state index is 12.6. The number of nitrogens with one attached hydrogen (secondary N) is 2. The summed E-state index contributed by atoms with van der Waals surface area (Å²) in [6.45, 7) is 2.18. The van der Waals surface area contributed by atoms with Crippen LogP contribution in [0.25, 0.3) is 10.9 Å². The Labute approximate surface area is 157 Å². The normalized spacial score (nSPS) is 10.5. The molecule has 2 N–H and O–H groups in total. The molecule has 2 aromatic carbocycles. The first kappa shape index (κ1) is 18.4. The number of hydrogen-bond acceptors (Lipinski definition) is 4. The number of amides is 2. The molecule has 0 aliphatic rings. The van der Waals surface area contributed by atoms with Crippen LogP contribution in [-0.4, -0.2) is 31.0 Å². The summed E-state index contributed by atoms with van der Waals surface area (Å²) in [6.07, 6.45) is 0.